The molecule has 0 amide bonds. The number of anilines is 4. The van der Waals surface area contributed by atoms with Gasteiger partial charge in [0.15, 0.2) is 0 Å². The van der Waals surface area contributed by atoms with Crippen molar-refractivity contribution in [1.82, 2.24) is 24.1 Å². The maximum Gasteiger partial charge on any atom is 0.137 e. The van der Waals surface area contributed by atoms with Crippen molar-refractivity contribution in [2.24, 2.45) is 0 Å². The van der Waals surface area contributed by atoms with E-state index in [9.17, 15) is 0 Å². The lowest BCUT2D eigenvalue weighted by atomic mass is 9.83. The number of ether oxygens (including phenoxy) is 1. The van der Waals surface area contributed by atoms with Crippen molar-refractivity contribution in [3.63, 3.8) is 0 Å². The third-order valence-electron chi connectivity index (χ3n) is 18.9. The quantitative estimate of drug-likeness (QED) is 0.158. The second kappa shape index (κ2) is 20.9. The first kappa shape index (κ1) is 58.6. The molecule has 0 N–H and O–H groups in total. The Hall–Kier alpha value is -9.79. The van der Waals surface area contributed by atoms with E-state index in [2.05, 4.69) is 323 Å². The molecule has 0 aliphatic carbocycles. The zero-order valence-electron chi connectivity index (χ0n) is 55.9. The summed E-state index contributed by atoms with van der Waals surface area (Å²) in [6, 6.07) is 73.9. The summed E-state index contributed by atoms with van der Waals surface area (Å²) in [7, 11) is 0. The van der Waals surface area contributed by atoms with Gasteiger partial charge in [-0.05, 0) is 124 Å². The number of hydrogen-bond acceptors (Lipinski definition) is 6. The van der Waals surface area contributed by atoms with E-state index in [1.54, 1.807) is 0 Å². The molecule has 8 heteroatoms. The maximum atomic E-state index is 7.18. The largest absolute Gasteiger partial charge is 0.457 e. The topological polar surface area (TPSA) is 64.2 Å². The van der Waals surface area contributed by atoms with Gasteiger partial charge in [0, 0.05) is 112 Å². The smallest absolute Gasteiger partial charge is 0.137 e. The Kier molecular flexibility index (Phi) is 13.3. The molecule has 0 atom stereocenters. The molecule has 15 rings (SSSR count). The molecule has 0 unspecified atom stereocenters. The normalized spacial score (nSPS) is 13.5. The summed E-state index contributed by atoms with van der Waals surface area (Å²) in [6.07, 6.45) is 1.96. The van der Waals surface area contributed by atoms with Crippen molar-refractivity contribution in [2.75, 3.05) is 16.5 Å². The van der Waals surface area contributed by atoms with Gasteiger partial charge in [0.2, 0.25) is 0 Å². The number of fused-ring (bicyclic) bond motifs is 13. The van der Waals surface area contributed by atoms with E-state index < -0.39 is 0 Å². The number of hydrogen-bond donors (Lipinski definition) is 0. The average molecular weight is 1200 g/mol. The van der Waals surface area contributed by atoms with Crippen LogP contribution in [0.3, 0.4) is 0 Å². The number of benzene rings is 8. The highest BCUT2D eigenvalue weighted by Crippen LogP contribution is 2.54. The van der Waals surface area contributed by atoms with Crippen LogP contribution in [-0.2, 0) is 27.1 Å². The highest BCUT2D eigenvalue weighted by molar-refractivity contribution is 6.23. The fourth-order valence-electron chi connectivity index (χ4n) is 14.0. The molecular weight excluding hydrogens is 1120 g/mol. The van der Waals surface area contributed by atoms with Crippen molar-refractivity contribution < 1.29 is 4.74 Å². The number of rotatable bonds is 7. The second-order valence-electron chi connectivity index (χ2n) is 30.7. The molecule has 0 saturated carbocycles. The zero-order chi connectivity index (χ0) is 64.1. The van der Waals surface area contributed by atoms with Gasteiger partial charge in [-0.2, -0.15) is 0 Å². The average Bonchev–Trinajstić information content (AvgIpc) is 1.43. The minimum atomic E-state index is -0.183. The maximum absolute atomic E-state index is 7.18. The molecule has 0 spiro atoms. The third kappa shape index (κ3) is 9.75. The molecule has 7 heterocycles. The highest BCUT2D eigenvalue weighted by atomic mass is 16.5. The Balaban J connectivity index is 0.881. The minimum Gasteiger partial charge on any atom is -0.457 e. The van der Waals surface area contributed by atoms with E-state index in [0.29, 0.717) is 6.67 Å². The van der Waals surface area contributed by atoms with E-state index in [1.165, 1.54) is 55.0 Å². The van der Waals surface area contributed by atoms with Gasteiger partial charge in [-0.3, -0.25) is 14.5 Å². The summed E-state index contributed by atoms with van der Waals surface area (Å²) in [5.41, 5.74) is 24.1. The zero-order valence-corrected chi connectivity index (χ0v) is 55.9. The van der Waals surface area contributed by atoms with Crippen LogP contribution in [0.25, 0.3) is 99.6 Å². The van der Waals surface area contributed by atoms with Crippen molar-refractivity contribution in [3.8, 4) is 67.5 Å². The van der Waals surface area contributed by atoms with Crippen molar-refractivity contribution >= 4 is 66.4 Å². The summed E-state index contributed by atoms with van der Waals surface area (Å²) in [5.74, 6) is 2.33. The van der Waals surface area contributed by atoms with Crippen LogP contribution in [0.2, 0.25) is 0 Å². The standard InChI is InChI=1S/C84H81N7O/c1-80(2,3)53-41-42-85-75(47-53)90-68-39-40-69-76(61-29-17-16-27-59(61)62-32-24-33-63-60-28-18-19-34-65(60)91(69)79(62)63)77(68)64-38-37-56(49-70(64)90)92-55-26-22-25-54(48-55)88-50-89(67-36-21-20-35-66(67)88)78-57(51-43-71(81(4,5)6)86-72(44-51)82(7,8)9)30-23-31-58(78)52-45-73(83(10,11)12)87-74(46-52)84(13,14)15/h16-49H,50H2,1-15H3. The van der Waals surface area contributed by atoms with Crippen molar-refractivity contribution in [1.29, 1.82) is 0 Å². The van der Waals surface area contributed by atoms with E-state index in [4.69, 9.17) is 19.7 Å². The first-order valence-corrected chi connectivity index (χ1v) is 32.6. The van der Waals surface area contributed by atoms with Crippen LogP contribution in [0.4, 0.5) is 22.7 Å². The van der Waals surface area contributed by atoms with Crippen LogP contribution in [-0.4, -0.2) is 30.8 Å². The van der Waals surface area contributed by atoms with Gasteiger partial charge in [0.25, 0.3) is 0 Å². The van der Waals surface area contributed by atoms with E-state index in [1.807, 2.05) is 6.20 Å². The molecule has 92 heavy (non-hydrogen) atoms. The van der Waals surface area contributed by atoms with Crippen LogP contribution < -0.4 is 14.5 Å². The van der Waals surface area contributed by atoms with Gasteiger partial charge in [0.1, 0.15) is 24.0 Å². The molecule has 2 aliphatic heterocycles. The van der Waals surface area contributed by atoms with Crippen LogP contribution in [0, 0.1) is 0 Å². The lowest BCUT2D eigenvalue weighted by Crippen LogP contribution is -2.25. The molecule has 0 saturated heterocycles. The summed E-state index contributed by atoms with van der Waals surface area (Å²) < 4.78 is 12.0. The molecule has 458 valence electrons. The van der Waals surface area contributed by atoms with E-state index >= 15 is 0 Å². The first-order valence-electron chi connectivity index (χ1n) is 32.6. The first-order chi connectivity index (χ1) is 43.8. The van der Waals surface area contributed by atoms with Crippen LogP contribution in [0.1, 0.15) is 132 Å². The SMILES string of the molecule is CC(C)(C)c1ccnc(-n2c3cc(Oc4cccc(N5CN(c6c(-c7cc(C(C)(C)C)nc(C(C)(C)C)c7)cccc6-c6cc(C(C)(C)C)nc(C(C)(C)C)c6)c6ccccc65)c4)ccc3c3c4c(ccc32)-n2c3ccccc3c3cccc(c32)-c2ccccc2-4)c1. The predicted molar refractivity (Wildman–Crippen MR) is 386 cm³/mol. The fraction of sp³-hybridized carbons (Fsp3) is 0.250. The van der Waals surface area contributed by atoms with Gasteiger partial charge < -0.3 is 19.1 Å². The Morgan fingerprint density at radius 1 is 0.370 bits per heavy atom. The fourth-order valence-corrected chi connectivity index (χ4v) is 14.0. The Labute approximate surface area is 541 Å². The molecule has 0 fully saturated rings. The van der Waals surface area contributed by atoms with Gasteiger partial charge >= 0.3 is 0 Å². The minimum absolute atomic E-state index is 0.102. The van der Waals surface area contributed by atoms with Crippen LogP contribution in [0.5, 0.6) is 11.5 Å². The van der Waals surface area contributed by atoms with Crippen molar-refractivity contribution in [3.05, 3.63) is 235 Å². The van der Waals surface area contributed by atoms with Gasteiger partial charge in [-0.1, -0.05) is 201 Å². The molecule has 8 nitrogen and oxygen atoms in total. The van der Waals surface area contributed by atoms with Crippen LogP contribution >= 0.6 is 0 Å². The van der Waals surface area contributed by atoms with Gasteiger partial charge in [0.05, 0.1) is 44.8 Å². The van der Waals surface area contributed by atoms with Gasteiger partial charge in [-0.15, -0.1) is 0 Å². The van der Waals surface area contributed by atoms with Gasteiger partial charge in [-0.25, -0.2) is 4.98 Å². The summed E-state index contributed by atoms with van der Waals surface area (Å²) in [4.78, 5) is 20.9. The highest BCUT2D eigenvalue weighted by Gasteiger charge is 2.35. The Morgan fingerprint density at radius 3 is 1.55 bits per heavy atom. The molecule has 2 aliphatic rings. The lowest BCUT2D eigenvalue weighted by molar-refractivity contribution is 0.483. The number of nitrogens with zero attached hydrogens (tertiary/aromatic N) is 7. The summed E-state index contributed by atoms with van der Waals surface area (Å²) in [5, 5.41) is 4.78. The number of para-hydroxylation sites is 5. The molecule has 8 aromatic carbocycles. The monoisotopic (exact) mass is 1200 g/mol. The van der Waals surface area contributed by atoms with E-state index in [-0.39, 0.29) is 27.1 Å². The number of aromatic nitrogens is 5. The molecule has 13 aromatic rings. The predicted octanol–water partition coefficient (Wildman–Crippen LogP) is 22.6. The van der Waals surface area contributed by atoms with Crippen LogP contribution in [0.15, 0.2) is 206 Å². The molecule has 0 bridgehead atoms. The van der Waals surface area contributed by atoms with E-state index in [0.717, 1.165) is 107 Å². The summed E-state index contributed by atoms with van der Waals surface area (Å²) in [6.45, 7) is 34.6. The number of pyridine rings is 3. The molecule has 5 aromatic heterocycles. The Morgan fingerprint density at radius 2 is 0.913 bits per heavy atom. The third-order valence-corrected chi connectivity index (χ3v) is 18.9. The lowest BCUT2D eigenvalue weighted by Gasteiger charge is -2.30. The second-order valence-corrected chi connectivity index (χ2v) is 30.7. The molecular formula is C84H81N7O. The Bertz CT molecular complexity index is 5000. The summed E-state index contributed by atoms with van der Waals surface area (Å²) >= 11 is 0. The molecule has 0 radical (unpaired) electrons. The van der Waals surface area contributed by atoms with Crippen molar-refractivity contribution in [2.45, 2.75) is 131 Å².